The summed E-state index contributed by atoms with van der Waals surface area (Å²) in [5, 5.41) is 8.63. The molecule has 2 rings (SSSR count). The smallest absolute Gasteiger partial charge is 0.0698 e. The van der Waals surface area contributed by atoms with Gasteiger partial charge in [-0.05, 0) is 39.2 Å². The van der Waals surface area contributed by atoms with Crippen LogP contribution < -0.4 is 0 Å². The van der Waals surface area contributed by atoms with Gasteiger partial charge in [0.1, 0.15) is 0 Å². The van der Waals surface area contributed by atoms with Crippen molar-refractivity contribution < 1.29 is 14.6 Å². The van der Waals surface area contributed by atoms with Crippen LogP contribution >= 0.6 is 0 Å². The molecular formula is C13H25NO3. The van der Waals surface area contributed by atoms with Gasteiger partial charge in [-0.1, -0.05) is 0 Å². The highest BCUT2D eigenvalue weighted by atomic mass is 16.5. The zero-order valence-electron chi connectivity index (χ0n) is 10.9. The lowest BCUT2D eigenvalue weighted by Gasteiger charge is -2.49. The molecule has 1 heterocycles. The largest absolute Gasteiger partial charge is 0.394 e. The second-order valence-electron chi connectivity index (χ2n) is 5.35. The summed E-state index contributed by atoms with van der Waals surface area (Å²) in [7, 11) is 2.17. The molecule has 1 saturated carbocycles. The summed E-state index contributed by atoms with van der Waals surface area (Å²) in [5.41, 5.74) is 0.225. The normalized spacial score (nSPS) is 27.4. The van der Waals surface area contributed by atoms with Crippen molar-refractivity contribution in [2.75, 3.05) is 40.0 Å². The van der Waals surface area contributed by atoms with Crippen LogP contribution in [0.3, 0.4) is 0 Å². The van der Waals surface area contributed by atoms with Crippen molar-refractivity contribution in [2.45, 2.75) is 43.7 Å². The SMILES string of the molecule is CN(CCOCCO)C1CCOC2(CCC2)C1. The van der Waals surface area contributed by atoms with Crippen LogP contribution in [-0.4, -0.2) is 61.7 Å². The molecule has 1 aliphatic carbocycles. The van der Waals surface area contributed by atoms with Crippen LogP contribution in [0.25, 0.3) is 0 Å². The molecule has 1 unspecified atom stereocenters. The highest BCUT2D eigenvalue weighted by molar-refractivity contribution is 4.96. The monoisotopic (exact) mass is 243 g/mol. The van der Waals surface area contributed by atoms with Crippen molar-refractivity contribution >= 4 is 0 Å². The maximum Gasteiger partial charge on any atom is 0.0698 e. The van der Waals surface area contributed by atoms with Gasteiger partial charge in [0, 0.05) is 19.2 Å². The predicted molar refractivity (Wildman–Crippen MR) is 66.1 cm³/mol. The lowest BCUT2D eigenvalue weighted by molar-refractivity contribution is -0.147. The number of aliphatic hydroxyl groups excluding tert-OH is 1. The molecule has 1 spiro atoms. The number of hydrogen-bond donors (Lipinski definition) is 1. The van der Waals surface area contributed by atoms with Crippen molar-refractivity contribution in [3.8, 4) is 0 Å². The van der Waals surface area contributed by atoms with Crippen LogP contribution in [0.5, 0.6) is 0 Å². The van der Waals surface area contributed by atoms with Crippen LogP contribution in [-0.2, 0) is 9.47 Å². The van der Waals surface area contributed by atoms with Crippen LogP contribution in [0.15, 0.2) is 0 Å². The number of hydrogen-bond acceptors (Lipinski definition) is 4. The summed E-state index contributed by atoms with van der Waals surface area (Å²) < 4.78 is 11.2. The van der Waals surface area contributed by atoms with Gasteiger partial charge in [-0.2, -0.15) is 0 Å². The third-order valence-corrected chi connectivity index (χ3v) is 4.18. The molecule has 0 aromatic carbocycles. The third kappa shape index (κ3) is 3.41. The molecule has 100 valence electrons. The Kier molecular flexibility index (Phi) is 4.79. The highest BCUT2D eigenvalue weighted by Crippen LogP contribution is 2.43. The molecule has 1 atom stereocenters. The Morgan fingerprint density at radius 3 is 2.88 bits per heavy atom. The molecule has 2 fully saturated rings. The zero-order valence-corrected chi connectivity index (χ0v) is 10.9. The molecule has 1 saturated heterocycles. The van der Waals surface area contributed by atoms with Gasteiger partial charge in [0.05, 0.1) is 25.4 Å². The van der Waals surface area contributed by atoms with Crippen molar-refractivity contribution in [1.29, 1.82) is 0 Å². The standard InChI is InChI=1S/C13H25NO3/c1-14(6-9-16-10-7-15)12-3-8-17-13(11-12)4-2-5-13/h12,15H,2-11H2,1H3. The van der Waals surface area contributed by atoms with E-state index in [0.29, 0.717) is 19.3 Å². The van der Waals surface area contributed by atoms with E-state index in [1.54, 1.807) is 0 Å². The third-order valence-electron chi connectivity index (χ3n) is 4.18. The van der Waals surface area contributed by atoms with Gasteiger partial charge in [-0.3, -0.25) is 0 Å². The van der Waals surface area contributed by atoms with Gasteiger partial charge in [0.25, 0.3) is 0 Å². The van der Waals surface area contributed by atoms with E-state index in [0.717, 1.165) is 19.6 Å². The Hall–Kier alpha value is -0.160. The lowest BCUT2D eigenvalue weighted by Crippen LogP contribution is -2.51. The number of ether oxygens (including phenoxy) is 2. The quantitative estimate of drug-likeness (QED) is 0.708. The number of aliphatic hydroxyl groups is 1. The van der Waals surface area contributed by atoms with E-state index in [1.165, 1.54) is 25.7 Å². The van der Waals surface area contributed by atoms with Gasteiger partial charge in [0.2, 0.25) is 0 Å². The molecule has 2 aliphatic rings. The fourth-order valence-electron chi connectivity index (χ4n) is 2.86. The van der Waals surface area contributed by atoms with Gasteiger partial charge < -0.3 is 19.5 Å². The molecule has 0 bridgehead atoms. The Morgan fingerprint density at radius 1 is 1.41 bits per heavy atom. The first-order valence-corrected chi connectivity index (χ1v) is 6.79. The second-order valence-corrected chi connectivity index (χ2v) is 5.35. The van der Waals surface area contributed by atoms with E-state index >= 15 is 0 Å². The zero-order chi connectivity index (χ0) is 12.1. The summed E-state index contributed by atoms with van der Waals surface area (Å²) in [6, 6.07) is 0.641. The maximum atomic E-state index is 8.63. The molecule has 17 heavy (non-hydrogen) atoms. The summed E-state index contributed by atoms with van der Waals surface area (Å²) in [6.07, 6.45) is 6.15. The van der Waals surface area contributed by atoms with Gasteiger partial charge in [-0.25, -0.2) is 0 Å². The van der Waals surface area contributed by atoms with E-state index in [9.17, 15) is 0 Å². The lowest BCUT2D eigenvalue weighted by atomic mass is 9.73. The van der Waals surface area contributed by atoms with Crippen molar-refractivity contribution in [2.24, 2.45) is 0 Å². The molecular weight excluding hydrogens is 218 g/mol. The van der Waals surface area contributed by atoms with Crippen molar-refractivity contribution in [3.63, 3.8) is 0 Å². The second kappa shape index (κ2) is 6.14. The Balaban J connectivity index is 1.69. The minimum Gasteiger partial charge on any atom is -0.394 e. The maximum absolute atomic E-state index is 8.63. The van der Waals surface area contributed by atoms with E-state index in [4.69, 9.17) is 14.6 Å². The topological polar surface area (TPSA) is 41.9 Å². The summed E-state index contributed by atoms with van der Waals surface area (Å²) in [6.45, 7) is 3.13. The molecule has 1 N–H and O–H groups in total. The van der Waals surface area contributed by atoms with Crippen molar-refractivity contribution in [3.05, 3.63) is 0 Å². The van der Waals surface area contributed by atoms with E-state index in [1.807, 2.05) is 0 Å². The number of nitrogens with zero attached hydrogens (tertiary/aromatic N) is 1. The summed E-state index contributed by atoms with van der Waals surface area (Å²) in [4.78, 5) is 2.39. The molecule has 0 amide bonds. The predicted octanol–water partition coefficient (Wildman–Crippen LogP) is 1.03. The van der Waals surface area contributed by atoms with E-state index < -0.39 is 0 Å². The van der Waals surface area contributed by atoms with Gasteiger partial charge in [-0.15, -0.1) is 0 Å². The van der Waals surface area contributed by atoms with Gasteiger partial charge >= 0.3 is 0 Å². The fraction of sp³-hybridized carbons (Fsp3) is 1.00. The van der Waals surface area contributed by atoms with Gasteiger partial charge in [0.15, 0.2) is 0 Å². The molecule has 0 aromatic rings. The first-order chi connectivity index (χ1) is 8.26. The Labute approximate surface area is 104 Å². The summed E-state index contributed by atoms with van der Waals surface area (Å²) >= 11 is 0. The van der Waals surface area contributed by atoms with E-state index in [-0.39, 0.29) is 12.2 Å². The first-order valence-electron chi connectivity index (χ1n) is 6.79. The van der Waals surface area contributed by atoms with Crippen LogP contribution in [0.1, 0.15) is 32.1 Å². The Morgan fingerprint density at radius 2 is 2.24 bits per heavy atom. The minimum absolute atomic E-state index is 0.115. The molecule has 1 aliphatic heterocycles. The molecule has 0 radical (unpaired) electrons. The first kappa shape index (κ1) is 13.3. The minimum atomic E-state index is 0.115. The molecule has 0 aromatic heterocycles. The van der Waals surface area contributed by atoms with Crippen LogP contribution in [0.2, 0.25) is 0 Å². The van der Waals surface area contributed by atoms with E-state index in [2.05, 4.69) is 11.9 Å². The molecule has 4 heteroatoms. The fourth-order valence-corrected chi connectivity index (χ4v) is 2.86. The van der Waals surface area contributed by atoms with Crippen LogP contribution in [0.4, 0.5) is 0 Å². The summed E-state index contributed by atoms with van der Waals surface area (Å²) in [5.74, 6) is 0. The Bertz CT molecular complexity index is 231. The van der Waals surface area contributed by atoms with Crippen LogP contribution in [0, 0.1) is 0 Å². The number of rotatable bonds is 6. The van der Waals surface area contributed by atoms with Crippen molar-refractivity contribution in [1.82, 2.24) is 4.90 Å². The molecule has 4 nitrogen and oxygen atoms in total. The average Bonchev–Trinajstić information content (AvgIpc) is 2.32. The number of likely N-dealkylation sites (N-methyl/N-ethyl adjacent to an activating group) is 1. The average molecular weight is 243 g/mol. The highest BCUT2D eigenvalue weighted by Gasteiger charge is 2.43.